The second-order valence-electron chi connectivity index (χ2n) is 13.1. The Hall–Kier alpha value is -3.17. The molecule has 1 amide bonds. The number of carbonyl (C=O) groups excluding carboxylic acids is 1. The summed E-state index contributed by atoms with van der Waals surface area (Å²) in [6.45, 7) is 6.98. The van der Waals surface area contributed by atoms with Crippen LogP contribution >= 0.6 is 62.3 Å². The number of rotatable bonds is 5. The molecular formula is C33H38BrCl4N11O. The molecule has 0 spiro atoms. The monoisotopic (exact) mass is 823 g/mol. The Morgan fingerprint density at radius 3 is 1.54 bits per heavy atom. The molecule has 0 radical (unpaired) electrons. The third-order valence-corrected chi connectivity index (χ3v) is 11.0. The van der Waals surface area contributed by atoms with Gasteiger partial charge in [0.25, 0.3) is 5.91 Å². The molecule has 12 nitrogen and oxygen atoms in total. The number of hydrogen-bond acceptors (Lipinski definition) is 11. The molecule has 2 saturated heterocycles. The van der Waals surface area contributed by atoms with Crippen LogP contribution in [0.5, 0.6) is 0 Å². The van der Waals surface area contributed by atoms with Gasteiger partial charge in [-0.15, -0.1) is 0 Å². The first-order valence-electron chi connectivity index (χ1n) is 15.7. The molecule has 0 atom stereocenters. The number of hydrogen-bond donors (Lipinski definition) is 5. The number of carbonyl (C=O) groups is 1. The maximum atomic E-state index is 12.0. The van der Waals surface area contributed by atoms with E-state index in [9.17, 15) is 4.79 Å². The van der Waals surface area contributed by atoms with Crippen LogP contribution in [-0.2, 0) is 0 Å². The lowest BCUT2D eigenvalue weighted by atomic mass is 9.91. The molecule has 0 saturated carbocycles. The summed E-state index contributed by atoms with van der Waals surface area (Å²) < 4.78 is 0.628. The van der Waals surface area contributed by atoms with Gasteiger partial charge in [-0.3, -0.25) is 4.79 Å². The number of primary amides is 1. The van der Waals surface area contributed by atoms with E-state index in [2.05, 4.69) is 47.7 Å². The maximum absolute atomic E-state index is 12.0. The minimum Gasteiger partial charge on any atom is -0.382 e. The zero-order valence-corrected chi connectivity index (χ0v) is 32.1. The molecule has 0 unspecified atom stereocenters. The number of halogens is 5. The first-order valence-corrected chi connectivity index (χ1v) is 18.1. The lowest BCUT2D eigenvalue weighted by Crippen LogP contribution is -2.49. The average molecular weight is 826 g/mol. The van der Waals surface area contributed by atoms with E-state index >= 15 is 0 Å². The largest absolute Gasteiger partial charge is 0.382 e. The number of amides is 1. The molecule has 4 heterocycles. The van der Waals surface area contributed by atoms with E-state index in [0.29, 0.717) is 61.2 Å². The standard InChI is InChI=1S/C17H20Cl2N6O.C16H18BrCl2N5/c1-17(22)5-7-25(8-6-17)16-13(15(21)26)23-12(14(20)24-16)9-3-2-4-10(18)11(9)19;1-16(21)5-7-24(8-6-16)15-13(17)22-12(14(20)23-15)9-3-2-4-10(18)11(9)19/h2-4H,5-8,22H2,1H3,(H2,20,24)(H2,21,26);2-4H,5-8,21H2,1H3,(H2,20,23). The number of aromatic nitrogens is 4. The summed E-state index contributed by atoms with van der Waals surface area (Å²) in [6, 6.07) is 10.4. The molecule has 50 heavy (non-hydrogen) atoms. The molecule has 2 aliphatic rings. The molecule has 10 N–H and O–H groups in total. The highest BCUT2D eigenvalue weighted by Crippen LogP contribution is 2.39. The number of piperidine rings is 2. The van der Waals surface area contributed by atoms with Crippen molar-refractivity contribution < 1.29 is 4.79 Å². The molecule has 17 heteroatoms. The lowest BCUT2D eigenvalue weighted by Gasteiger charge is -2.37. The fraction of sp³-hybridized carbons (Fsp3) is 0.364. The Bertz CT molecular complexity index is 1910. The van der Waals surface area contributed by atoms with Crippen molar-refractivity contribution in [2.75, 3.05) is 47.4 Å². The fourth-order valence-electron chi connectivity index (χ4n) is 5.67. The van der Waals surface area contributed by atoms with E-state index in [4.69, 9.17) is 75.1 Å². The van der Waals surface area contributed by atoms with E-state index in [1.54, 1.807) is 30.3 Å². The van der Waals surface area contributed by atoms with Crippen molar-refractivity contribution in [2.45, 2.75) is 50.6 Å². The second-order valence-corrected chi connectivity index (χ2v) is 15.4. The Morgan fingerprint density at radius 2 is 1.10 bits per heavy atom. The topological polar surface area (TPSA) is 205 Å². The van der Waals surface area contributed by atoms with Crippen LogP contribution in [0.15, 0.2) is 41.0 Å². The van der Waals surface area contributed by atoms with Gasteiger partial charge >= 0.3 is 0 Å². The summed E-state index contributed by atoms with van der Waals surface area (Å²) in [5.74, 6) is 0.874. The number of nitrogens with zero attached hydrogens (tertiary/aromatic N) is 6. The minimum atomic E-state index is -0.687. The predicted molar refractivity (Wildman–Crippen MR) is 208 cm³/mol. The predicted octanol–water partition coefficient (Wildman–Crippen LogP) is 6.56. The first kappa shape index (κ1) is 38.1. The molecule has 2 aliphatic heterocycles. The third-order valence-electron chi connectivity index (χ3n) is 8.83. The van der Waals surface area contributed by atoms with Gasteiger partial charge in [0.15, 0.2) is 29.0 Å². The third kappa shape index (κ3) is 8.47. The smallest absolute Gasteiger partial charge is 0.271 e. The SMILES string of the molecule is CC1(N)CCN(c2nc(N)c(-c3cccc(Cl)c3Cl)nc2Br)CC1.CC1(N)CCN(c2nc(N)c(-c3cccc(Cl)c3Cl)nc2C(N)=O)CC1. The number of nitrogens with two attached hydrogens (primary N) is 5. The van der Waals surface area contributed by atoms with Gasteiger partial charge < -0.3 is 38.5 Å². The Labute approximate surface area is 319 Å². The molecule has 2 aromatic heterocycles. The van der Waals surface area contributed by atoms with Gasteiger partial charge in [-0.1, -0.05) is 70.7 Å². The molecule has 0 aliphatic carbocycles. The van der Waals surface area contributed by atoms with Gasteiger partial charge in [0.1, 0.15) is 16.0 Å². The number of anilines is 4. The highest BCUT2D eigenvalue weighted by Gasteiger charge is 2.31. The molecular weight excluding hydrogens is 788 g/mol. The van der Waals surface area contributed by atoms with Crippen LogP contribution in [-0.4, -0.2) is 63.1 Å². The number of nitrogen functional groups attached to an aromatic ring is 2. The van der Waals surface area contributed by atoms with Gasteiger partial charge in [0, 0.05) is 48.4 Å². The number of benzene rings is 2. The van der Waals surface area contributed by atoms with Crippen LogP contribution < -0.4 is 38.5 Å². The fourth-order valence-corrected chi connectivity index (χ4v) is 6.97. The van der Waals surface area contributed by atoms with Crippen molar-refractivity contribution in [1.82, 2.24) is 19.9 Å². The van der Waals surface area contributed by atoms with E-state index in [1.807, 2.05) is 17.9 Å². The van der Waals surface area contributed by atoms with Crippen LogP contribution in [0.1, 0.15) is 50.0 Å². The summed E-state index contributed by atoms with van der Waals surface area (Å²) in [6.07, 6.45) is 3.30. The van der Waals surface area contributed by atoms with E-state index in [0.717, 1.165) is 44.6 Å². The second kappa shape index (κ2) is 15.2. The van der Waals surface area contributed by atoms with E-state index in [1.165, 1.54) is 0 Å². The maximum Gasteiger partial charge on any atom is 0.271 e. The van der Waals surface area contributed by atoms with Crippen molar-refractivity contribution in [1.29, 1.82) is 0 Å². The van der Waals surface area contributed by atoms with Gasteiger partial charge in [0.2, 0.25) is 0 Å². The van der Waals surface area contributed by atoms with E-state index in [-0.39, 0.29) is 33.3 Å². The first-order chi connectivity index (χ1) is 23.5. The lowest BCUT2D eigenvalue weighted by molar-refractivity contribution is 0.0995. The van der Waals surface area contributed by atoms with Crippen molar-refractivity contribution in [2.24, 2.45) is 17.2 Å². The summed E-state index contributed by atoms with van der Waals surface area (Å²) in [5, 5.41) is 1.51. The van der Waals surface area contributed by atoms with Gasteiger partial charge in [-0.2, -0.15) is 0 Å². The molecule has 4 aromatic rings. The van der Waals surface area contributed by atoms with Crippen molar-refractivity contribution in [3.63, 3.8) is 0 Å². The Balaban J connectivity index is 0.000000195. The highest BCUT2D eigenvalue weighted by atomic mass is 79.9. The summed E-state index contributed by atoms with van der Waals surface area (Å²) in [5.41, 5.74) is 31.8. The Kier molecular flexibility index (Phi) is 11.6. The molecule has 0 bridgehead atoms. The van der Waals surface area contributed by atoms with Gasteiger partial charge in [0.05, 0.1) is 20.1 Å². The van der Waals surface area contributed by atoms with Crippen LogP contribution in [0.2, 0.25) is 20.1 Å². The van der Waals surface area contributed by atoms with Crippen LogP contribution in [0.3, 0.4) is 0 Å². The van der Waals surface area contributed by atoms with Crippen molar-refractivity contribution >= 4 is 91.5 Å². The normalized spacial score (nSPS) is 16.8. The Morgan fingerprint density at radius 1 is 0.700 bits per heavy atom. The van der Waals surface area contributed by atoms with Crippen molar-refractivity contribution in [3.05, 3.63) is 66.8 Å². The van der Waals surface area contributed by atoms with Crippen LogP contribution in [0.4, 0.5) is 23.3 Å². The van der Waals surface area contributed by atoms with Gasteiger partial charge in [-0.05, 0) is 67.6 Å². The van der Waals surface area contributed by atoms with Crippen LogP contribution in [0.25, 0.3) is 22.5 Å². The molecule has 2 aromatic carbocycles. The molecule has 6 rings (SSSR count). The van der Waals surface area contributed by atoms with Crippen molar-refractivity contribution in [3.8, 4) is 22.5 Å². The quantitative estimate of drug-likeness (QED) is 0.146. The summed E-state index contributed by atoms with van der Waals surface area (Å²) >= 11 is 28.2. The minimum absolute atomic E-state index is 0.0471. The molecule has 266 valence electrons. The average Bonchev–Trinajstić information content (AvgIpc) is 3.05. The van der Waals surface area contributed by atoms with Crippen LogP contribution in [0, 0.1) is 0 Å². The molecule has 2 fully saturated rings. The zero-order chi connectivity index (χ0) is 36.5. The zero-order valence-electron chi connectivity index (χ0n) is 27.5. The summed E-state index contributed by atoms with van der Waals surface area (Å²) in [4.78, 5) is 34.0. The summed E-state index contributed by atoms with van der Waals surface area (Å²) in [7, 11) is 0. The van der Waals surface area contributed by atoms with E-state index < -0.39 is 5.91 Å². The highest BCUT2D eigenvalue weighted by molar-refractivity contribution is 9.10. The van der Waals surface area contributed by atoms with Gasteiger partial charge in [-0.25, -0.2) is 19.9 Å².